The van der Waals surface area contributed by atoms with E-state index in [0.29, 0.717) is 11.5 Å². The second-order valence-corrected chi connectivity index (χ2v) is 7.75. The van der Waals surface area contributed by atoms with Crippen LogP contribution in [-0.4, -0.2) is 20.6 Å². The lowest BCUT2D eigenvalue weighted by Crippen LogP contribution is -2.16. The number of carboxylic acids is 1. The molecular weight excluding hydrogens is 372 g/mol. The van der Waals surface area contributed by atoms with Gasteiger partial charge in [-0.25, -0.2) is 4.79 Å². The van der Waals surface area contributed by atoms with E-state index in [0.717, 1.165) is 41.9 Å². The van der Waals surface area contributed by atoms with Gasteiger partial charge in [0, 0.05) is 29.2 Å². The van der Waals surface area contributed by atoms with Gasteiger partial charge >= 0.3 is 5.97 Å². The lowest BCUT2D eigenvalue weighted by atomic mass is 9.85. The Labute approximate surface area is 175 Å². The Kier molecular flexibility index (Phi) is 4.68. The van der Waals surface area contributed by atoms with Crippen molar-refractivity contribution in [2.45, 2.75) is 25.2 Å². The molecule has 2 aromatic heterocycles. The lowest BCUT2D eigenvalue weighted by molar-refractivity contribution is 0.0697. The van der Waals surface area contributed by atoms with Gasteiger partial charge in [0.2, 0.25) is 0 Å². The summed E-state index contributed by atoms with van der Waals surface area (Å²) >= 11 is 0. The van der Waals surface area contributed by atoms with Crippen LogP contribution in [0.15, 0.2) is 85.1 Å². The molecule has 0 spiro atoms. The molecule has 0 saturated carbocycles. The van der Waals surface area contributed by atoms with Gasteiger partial charge in [-0.05, 0) is 66.8 Å². The van der Waals surface area contributed by atoms with E-state index < -0.39 is 5.97 Å². The van der Waals surface area contributed by atoms with Crippen molar-refractivity contribution in [1.29, 1.82) is 0 Å². The minimum atomic E-state index is -0.912. The zero-order valence-electron chi connectivity index (χ0n) is 16.5. The molecular formula is C26H22N2O2. The lowest BCUT2D eigenvalue weighted by Gasteiger charge is -2.24. The smallest absolute Gasteiger partial charge is 0.335 e. The Balaban J connectivity index is 1.67. The number of nitrogens with zero attached hydrogens (tertiary/aromatic N) is 2. The number of carboxylic acid groups (broad SMARTS) is 1. The highest BCUT2D eigenvalue weighted by atomic mass is 16.4. The maximum atomic E-state index is 11.6. The first-order valence-corrected chi connectivity index (χ1v) is 10.2. The molecule has 4 nitrogen and oxygen atoms in total. The van der Waals surface area contributed by atoms with Crippen LogP contribution in [0.25, 0.3) is 16.9 Å². The topological polar surface area (TPSA) is 55.1 Å². The van der Waals surface area contributed by atoms with Crippen LogP contribution in [0.3, 0.4) is 0 Å². The summed E-state index contributed by atoms with van der Waals surface area (Å²) in [5, 5.41) is 9.50. The molecule has 0 saturated heterocycles. The molecule has 1 atom stereocenters. The van der Waals surface area contributed by atoms with Crippen LogP contribution in [0, 0.1) is 0 Å². The molecule has 2 heterocycles. The molecule has 0 fully saturated rings. The summed E-state index contributed by atoms with van der Waals surface area (Å²) in [6.07, 6.45) is 4.80. The fourth-order valence-corrected chi connectivity index (χ4v) is 4.47. The molecule has 30 heavy (non-hydrogen) atoms. The number of aromatic carboxylic acids is 1. The predicted octanol–water partition coefficient (Wildman–Crippen LogP) is 5.51. The molecule has 0 amide bonds. The second kappa shape index (κ2) is 7.64. The molecule has 1 unspecified atom stereocenters. The van der Waals surface area contributed by atoms with E-state index in [1.807, 2.05) is 48.7 Å². The van der Waals surface area contributed by atoms with E-state index in [2.05, 4.69) is 33.8 Å². The number of hydrogen-bond acceptors (Lipinski definition) is 2. The maximum Gasteiger partial charge on any atom is 0.335 e. The summed E-state index contributed by atoms with van der Waals surface area (Å²) in [5.41, 5.74) is 7.12. The molecule has 4 aromatic rings. The van der Waals surface area contributed by atoms with Crippen molar-refractivity contribution < 1.29 is 9.90 Å². The molecule has 5 rings (SSSR count). The Hall–Kier alpha value is -3.66. The molecule has 4 heteroatoms. The number of aryl methyl sites for hydroxylation is 1. The van der Waals surface area contributed by atoms with Gasteiger partial charge in [0.25, 0.3) is 0 Å². The highest BCUT2D eigenvalue weighted by molar-refractivity contribution is 5.88. The Bertz CT molecular complexity index is 1200. The van der Waals surface area contributed by atoms with Gasteiger partial charge in [0.1, 0.15) is 0 Å². The van der Waals surface area contributed by atoms with Crippen LogP contribution in [0.4, 0.5) is 0 Å². The first-order chi connectivity index (χ1) is 14.7. The average Bonchev–Trinajstić information content (AvgIpc) is 3.19. The van der Waals surface area contributed by atoms with Crippen LogP contribution in [0.2, 0.25) is 0 Å². The quantitative estimate of drug-likeness (QED) is 0.496. The monoisotopic (exact) mass is 394 g/mol. The van der Waals surface area contributed by atoms with Gasteiger partial charge in [-0.1, -0.05) is 42.5 Å². The standard InChI is InChI=1S/C26H22N2O2/c29-26(30)21-9-6-10-22(15-21)28-24(18-7-2-1-3-8-18)17-20-13-12-19(16-25(20)28)23-11-4-5-14-27-23/h1-11,14-15,17,19H,12-13,16H2,(H,29,30). The number of fused-ring (bicyclic) bond motifs is 1. The normalized spacial score (nSPS) is 15.5. The fraction of sp³-hybridized carbons (Fsp3) is 0.154. The zero-order chi connectivity index (χ0) is 20.5. The predicted molar refractivity (Wildman–Crippen MR) is 117 cm³/mol. The Morgan fingerprint density at radius 3 is 2.57 bits per heavy atom. The van der Waals surface area contributed by atoms with Gasteiger partial charge < -0.3 is 9.67 Å². The van der Waals surface area contributed by atoms with Crippen molar-refractivity contribution in [3.63, 3.8) is 0 Å². The number of pyridine rings is 1. The van der Waals surface area contributed by atoms with E-state index in [1.165, 1.54) is 11.3 Å². The van der Waals surface area contributed by atoms with Crippen molar-refractivity contribution in [1.82, 2.24) is 9.55 Å². The van der Waals surface area contributed by atoms with Crippen molar-refractivity contribution in [3.05, 3.63) is 108 Å². The number of hydrogen-bond donors (Lipinski definition) is 1. The van der Waals surface area contributed by atoms with Gasteiger partial charge in [0.05, 0.1) is 11.3 Å². The van der Waals surface area contributed by atoms with E-state index in [1.54, 1.807) is 12.1 Å². The van der Waals surface area contributed by atoms with Crippen LogP contribution in [0.1, 0.15) is 39.6 Å². The highest BCUT2D eigenvalue weighted by Gasteiger charge is 2.27. The number of rotatable bonds is 4. The molecule has 0 radical (unpaired) electrons. The summed E-state index contributed by atoms with van der Waals surface area (Å²) in [6.45, 7) is 0. The van der Waals surface area contributed by atoms with Gasteiger partial charge in [-0.15, -0.1) is 0 Å². The number of aromatic nitrogens is 2. The third kappa shape index (κ3) is 3.30. The van der Waals surface area contributed by atoms with Crippen LogP contribution >= 0.6 is 0 Å². The third-order valence-electron chi connectivity index (χ3n) is 5.92. The third-order valence-corrected chi connectivity index (χ3v) is 5.92. The summed E-state index contributed by atoms with van der Waals surface area (Å²) in [6, 6.07) is 25.9. The van der Waals surface area contributed by atoms with Crippen LogP contribution in [-0.2, 0) is 12.8 Å². The summed E-state index contributed by atoms with van der Waals surface area (Å²) in [7, 11) is 0. The van der Waals surface area contributed by atoms with Crippen molar-refractivity contribution in [2.75, 3.05) is 0 Å². The van der Waals surface area contributed by atoms with E-state index in [4.69, 9.17) is 0 Å². The van der Waals surface area contributed by atoms with Crippen LogP contribution in [0.5, 0.6) is 0 Å². The summed E-state index contributed by atoms with van der Waals surface area (Å²) < 4.78 is 2.24. The average molecular weight is 394 g/mol. The molecule has 1 aliphatic rings. The van der Waals surface area contributed by atoms with Gasteiger partial charge in [-0.2, -0.15) is 0 Å². The Morgan fingerprint density at radius 1 is 0.967 bits per heavy atom. The first kappa shape index (κ1) is 18.4. The number of carbonyl (C=O) groups is 1. The molecule has 2 aromatic carbocycles. The SMILES string of the molecule is O=C(O)c1cccc(-n2c(-c3ccccc3)cc3c2CC(c2ccccn2)CC3)c1. The second-order valence-electron chi connectivity index (χ2n) is 7.75. The minimum Gasteiger partial charge on any atom is -0.478 e. The molecule has 148 valence electrons. The van der Waals surface area contributed by atoms with Crippen molar-refractivity contribution in [2.24, 2.45) is 0 Å². The minimum absolute atomic E-state index is 0.297. The first-order valence-electron chi connectivity index (χ1n) is 10.2. The molecule has 1 N–H and O–H groups in total. The van der Waals surface area contributed by atoms with E-state index in [-0.39, 0.29) is 0 Å². The summed E-state index contributed by atoms with van der Waals surface area (Å²) in [4.78, 5) is 16.2. The van der Waals surface area contributed by atoms with E-state index >= 15 is 0 Å². The maximum absolute atomic E-state index is 11.6. The Morgan fingerprint density at radius 2 is 1.80 bits per heavy atom. The molecule has 1 aliphatic carbocycles. The fourth-order valence-electron chi connectivity index (χ4n) is 4.47. The van der Waals surface area contributed by atoms with Gasteiger partial charge in [-0.3, -0.25) is 4.98 Å². The number of benzene rings is 2. The van der Waals surface area contributed by atoms with E-state index in [9.17, 15) is 9.90 Å². The van der Waals surface area contributed by atoms with Crippen molar-refractivity contribution >= 4 is 5.97 Å². The highest BCUT2D eigenvalue weighted by Crippen LogP contribution is 2.38. The van der Waals surface area contributed by atoms with Gasteiger partial charge in [0.15, 0.2) is 0 Å². The molecule has 0 bridgehead atoms. The molecule has 0 aliphatic heterocycles. The van der Waals surface area contributed by atoms with Crippen LogP contribution < -0.4 is 0 Å². The largest absolute Gasteiger partial charge is 0.478 e. The van der Waals surface area contributed by atoms with Crippen molar-refractivity contribution in [3.8, 4) is 16.9 Å². The zero-order valence-corrected chi connectivity index (χ0v) is 16.5. The summed E-state index contributed by atoms with van der Waals surface area (Å²) in [5.74, 6) is -0.552.